The lowest BCUT2D eigenvalue weighted by atomic mass is 10.0. The SMILES string of the molecule is COc1ccc([C@@H]2CCC[NH+]2Cc2nc(N)nc(Nc3ccccc3C)n2)c(OC)c1. The number of hydrogen-bond donors (Lipinski definition) is 3. The van der Waals surface area contributed by atoms with Gasteiger partial charge in [0.25, 0.3) is 0 Å². The fourth-order valence-corrected chi connectivity index (χ4v) is 4.21. The second-order valence-corrected chi connectivity index (χ2v) is 7.76. The molecule has 1 aromatic heterocycles. The number of methoxy groups -OCH3 is 2. The van der Waals surface area contributed by atoms with E-state index in [2.05, 4.69) is 26.3 Å². The zero-order chi connectivity index (χ0) is 21.8. The van der Waals surface area contributed by atoms with Crippen LogP contribution in [0.2, 0.25) is 0 Å². The van der Waals surface area contributed by atoms with E-state index in [1.54, 1.807) is 14.2 Å². The highest BCUT2D eigenvalue weighted by molar-refractivity contribution is 5.58. The number of nitrogens with zero attached hydrogens (tertiary/aromatic N) is 3. The lowest BCUT2D eigenvalue weighted by Crippen LogP contribution is -3.09. The average Bonchev–Trinajstić information content (AvgIpc) is 3.22. The molecule has 0 aliphatic carbocycles. The van der Waals surface area contributed by atoms with Crippen LogP contribution in [-0.4, -0.2) is 35.7 Å². The van der Waals surface area contributed by atoms with Gasteiger partial charge in [0.15, 0.2) is 5.82 Å². The highest BCUT2D eigenvalue weighted by Gasteiger charge is 2.33. The molecule has 3 aromatic rings. The molecule has 2 heterocycles. The Morgan fingerprint density at radius 2 is 1.94 bits per heavy atom. The third kappa shape index (κ3) is 4.69. The number of hydrogen-bond acceptors (Lipinski definition) is 7. The van der Waals surface area contributed by atoms with Crippen LogP contribution < -0.4 is 25.4 Å². The van der Waals surface area contributed by atoms with Gasteiger partial charge in [-0.25, -0.2) is 0 Å². The van der Waals surface area contributed by atoms with Gasteiger partial charge in [-0.3, -0.25) is 0 Å². The van der Waals surface area contributed by atoms with Crippen LogP contribution in [0.4, 0.5) is 17.6 Å². The summed E-state index contributed by atoms with van der Waals surface area (Å²) in [6.45, 7) is 3.73. The predicted molar refractivity (Wildman–Crippen MR) is 120 cm³/mol. The van der Waals surface area contributed by atoms with Gasteiger partial charge >= 0.3 is 0 Å². The summed E-state index contributed by atoms with van der Waals surface area (Å²) in [5.74, 6) is 3.00. The van der Waals surface area contributed by atoms with Gasteiger partial charge in [-0.1, -0.05) is 18.2 Å². The molecule has 0 amide bonds. The average molecular weight is 422 g/mol. The standard InChI is InChI=1S/C23H28N6O2/c1-15-7-4-5-8-18(15)25-23-27-21(26-22(24)28-23)14-29-12-6-9-19(29)17-11-10-16(30-2)13-20(17)31-3/h4-5,7-8,10-11,13,19H,6,9,12,14H2,1-3H3,(H3,24,25,26,27,28)/p+1/t19-/m0/s1. The third-order valence-electron chi connectivity index (χ3n) is 5.78. The molecule has 31 heavy (non-hydrogen) atoms. The normalized spacial score (nSPS) is 18.0. The number of likely N-dealkylation sites (tertiary alicyclic amines) is 1. The number of aryl methyl sites for hydroxylation is 1. The minimum absolute atomic E-state index is 0.221. The number of aromatic nitrogens is 3. The van der Waals surface area contributed by atoms with Crippen molar-refractivity contribution in [2.75, 3.05) is 31.8 Å². The Labute approximate surface area is 182 Å². The lowest BCUT2D eigenvalue weighted by Gasteiger charge is -2.23. The third-order valence-corrected chi connectivity index (χ3v) is 5.78. The van der Waals surface area contributed by atoms with E-state index in [0.29, 0.717) is 24.4 Å². The lowest BCUT2D eigenvalue weighted by molar-refractivity contribution is -0.932. The van der Waals surface area contributed by atoms with Gasteiger partial charge in [0, 0.05) is 24.6 Å². The quantitative estimate of drug-likeness (QED) is 0.539. The fraction of sp³-hybridized carbons (Fsp3) is 0.348. The molecule has 8 nitrogen and oxygen atoms in total. The first-order valence-corrected chi connectivity index (χ1v) is 10.5. The van der Waals surface area contributed by atoms with Crippen molar-refractivity contribution >= 4 is 17.6 Å². The fourth-order valence-electron chi connectivity index (χ4n) is 4.21. The van der Waals surface area contributed by atoms with Crippen LogP contribution in [0.25, 0.3) is 0 Å². The van der Waals surface area contributed by atoms with Gasteiger partial charge in [0.05, 0.1) is 26.3 Å². The van der Waals surface area contributed by atoms with E-state index in [4.69, 9.17) is 15.2 Å². The Morgan fingerprint density at radius 1 is 1.10 bits per heavy atom. The number of nitrogens with two attached hydrogens (primary N) is 1. The van der Waals surface area contributed by atoms with E-state index in [9.17, 15) is 0 Å². The number of nitrogens with one attached hydrogen (secondary N) is 2. The van der Waals surface area contributed by atoms with Crippen molar-refractivity contribution in [3.05, 3.63) is 59.4 Å². The van der Waals surface area contributed by atoms with E-state index in [1.807, 2.05) is 43.3 Å². The molecular formula is C23H29N6O2+. The number of ether oxygens (including phenoxy) is 2. The minimum Gasteiger partial charge on any atom is -0.497 e. The minimum atomic E-state index is 0.221. The molecule has 1 aliphatic heterocycles. The van der Waals surface area contributed by atoms with E-state index in [-0.39, 0.29) is 5.95 Å². The maximum absolute atomic E-state index is 6.00. The van der Waals surface area contributed by atoms with Crippen molar-refractivity contribution in [2.45, 2.75) is 32.4 Å². The monoisotopic (exact) mass is 421 g/mol. The molecule has 8 heteroatoms. The van der Waals surface area contributed by atoms with Crippen LogP contribution in [0, 0.1) is 6.92 Å². The van der Waals surface area contributed by atoms with E-state index < -0.39 is 0 Å². The highest BCUT2D eigenvalue weighted by atomic mass is 16.5. The first kappa shape index (κ1) is 20.9. The molecule has 4 rings (SSSR count). The molecule has 4 N–H and O–H groups in total. The van der Waals surface area contributed by atoms with Gasteiger partial charge in [-0.15, -0.1) is 0 Å². The summed E-state index contributed by atoms with van der Waals surface area (Å²) in [7, 11) is 3.36. The van der Waals surface area contributed by atoms with Gasteiger partial charge in [-0.05, 0) is 30.7 Å². The summed E-state index contributed by atoms with van der Waals surface area (Å²) in [6, 6.07) is 14.3. The Hall–Kier alpha value is -3.39. The number of nitrogen functional groups attached to an aromatic ring is 1. The Morgan fingerprint density at radius 3 is 2.71 bits per heavy atom. The maximum atomic E-state index is 6.00. The van der Waals surface area contributed by atoms with Gasteiger partial charge in [0.1, 0.15) is 24.1 Å². The smallest absolute Gasteiger partial charge is 0.232 e. The molecule has 1 unspecified atom stereocenters. The number of benzene rings is 2. The van der Waals surface area contributed by atoms with E-state index >= 15 is 0 Å². The topological polar surface area (TPSA) is 99.6 Å². The van der Waals surface area contributed by atoms with Crippen LogP contribution >= 0.6 is 0 Å². The number of rotatable bonds is 7. The van der Waals surface area contributed by atoms with Crippen molar-refractivity contribution in [1.82, 2.24) is 15.0 Å². The predicted octanol–water partition coefficient (Wildman–Crippen LogP) is 2.44. The van der Waals surface area contributed by atoms with Crippen LogP contribution in [0.1, 0.15) is 35.8 Å². The molecule has 0 radical (unpaired) electrons. The molecule has 162 valence electrons. The molecule has 2 atom stereocenters. The van der Waals surface area contributed by atoms with Crippen LogP contribution in [0.3, 0.4) is 0 Å². The van der Waals surface area contributed by atoms with Crippen LogP contribution in [-0.2, 0) is 6.54 Å². The van der Waals surface area contributed by atoms with Gasteiger partial charge in [0.2, 0.25) is 11.9 Å². The van der Waals surface area contributed by atoms with E-state index in [0.717, 1.165) is 42.1 Å². The number of anilines is 3. The Bertz CT molecular complexity index is 1060. The first-order chi connectivity index (χ1) is 15.1. The Kier molecular flexibility index (Phi) is 6.18. The summed E-state index contributed by atoms with van der Waals surface area (Å²) in [4.78, 5) is 14.7. The molecule has 0 saturated carbocycles. The summed E-state index contributed by atoms with van der Waals surface area (Å²) in [6.07, 6.45) is 2.21. The van der Waals surface area contributed by atoms with Crippen LogP contribution in [0.15, 0.2) is 42.5 Å². The molecule has 2 aromatic carbocycles. The summed E-state index contributed by atoms with van der Waals surface area (Å²) < 4.78 is 11.0. The highest BCUT2D eigenvalue weighted by Crippen LogP contribution is 2.31. The number of para-hydroxylation sites is 1. The van der Waals surface area contributed by atoms with E-state index in [1.165, 1.54) is 10.5 Å². The zero-order valence-electron chi connectivity index (χ0n) is 18.2. The van der Waals surface area contributed by atoms with Crippen molar-refractivity contribution in [2.24, 2.45) is 0 Å². The molecule has 1 aliphatic rings. The molecular weight excluding hydrogens is 392 g/mol. The number of quaternary nitrogens is 1. The maximum Gasteiger partial charge on any atom is 0.232 e. The second kappa shape index (κ2) is 9.18. The molecule has 0 spiro atoms. The van der Waals surface area contributed by atoms with Gasteiger partial charge in [-0.2, -0.15) is 15.0 Å². The van der Waals surface area contributed by atoms with Crippen molar-refractivity contribution < 1.29 is 14.4 Å². The summed E-state index contributed by atoms with van der Waals surface area (Å²) in [5, 5.41) is 3.27. The van der Waals surface area contributed by atoms with Crippen molar-refractivity contribution in [1.29, 1.82) is 0 Å². The molecule has 1 fully saturated rings. The van der Waals surface area contributed by atoms with Crippen LogP contribution in [0.5, 0.6) is 11.5 Å². The summed E-state index contributed by atoms with van der Waals surface area (Å²) >= 11 is 0. The summed E-state index contributed by atoms with van der Waals surface area (Å²) in [5.41, 5.74) is 9.24. The largest absolute Gasteiger partial charge is 0.497 e. The van der Waals surface area contributed by atoms with Gasteiger partial charge < -0.3 is 25.4 Å². The first-order valence-electron chi connectivity index (χ1n) is 10.5. The molecule has 0 bridgehead atoms. The van der Waals surface area contributed by atoms with Crippen molar-refractivity contribution in [3.8, 4) is 11.5 Å². The Balaban J connectivity index is 1.56. The zero-order valence-corrected chi connectivity index (χ0v) is 18.2. The molecule has 1 saturated heterocycles. The van der Waals surface area contributed by atoms with Crippen molar-refractivity contribution in [3.63, 3.8) is 0 Å². The second-order valence-electron chi connectivity index (χ2n) is 7.76.